The van der Waals surface area contributed by atoms with Gasteiger partial charge in [-0.05, 0) is 12.8 Å². The third-order valence-corrected chi connectivity index (χ3v) is 1.50. The molecule has 0 aromatic carbocycles. The summed E-state index contributed by atoms with van der Waals surface area (Å²) in [5.41, 5.74) is 6.75. The average Bonchev–Trinajstić information content (AvgIpc) is 1.89. The molecule has 0 aliphatic carbocycles. The van der Waals surface area contributed by atoms with Gasteiger partial charge in [-0.1, -0.05) is 39.2 Å². The molecule has 0 aromatic heterocycles. The average molecular weight is 141 g/mol. The summed E-state index contributed by atoms with van der Waals surface area (Å²) >= 11 is 0. The van der Waals surface area contributed by atoms with Gasteiger partial charge in [0.15, 0.2) is 0 Å². The molecule has 60 valence electrons. The number of rotatable bonds is 5. The van der Waals surface area contributed by atoms with E-state index in [1.165, 1.54) is 12.8 Å². The highest BCUT2D eigenvalue weighted by Crippen LogP contribution is 2.01. The van der Waals surface area contributed by atoms with E-state index < -0.39 is 0 Å². The van der Waals surface area contributed by atoms with Crippen LogP contribution in [-0.4, -0.2) is 0 Å². The molecule has 0 radical (unpaired) electrons. The normalized spacial score (nSPS) is 12.0. The van der Waals surface area contributed by atoms with Crippen molar-refractivity contribution in [1.82, 2.24) is 0 Å². The van der Waals surface area contributed by atoms with Crippen LogP contribution in [0, 0.1) is 0 Å². The van der Waals surface area contributed by atoms with Crippen molar-refractivity contribution in [2.24, 2.45) is 5.73 Å². The fourth-order valence-corrected chi connectivity index (χ4v) is 0.882. The molecule has 0 saturated carbocycles. The van der Waals surface area contributed by atoms with Crippen LogP contribution in [0.15, 0.2) is 11.8 Å². The molecule has 0 aliphatic rings. The zero-order chi connectivity index (χ0) is 7.82. The molecule has 0 rings (SSSR count). The lowest BCUT2D eigenvalue weighted by Gasteiger charge is -1.96. The summed E-state index contributed by atoms with van der Waals surface area (Å²) < 4.78 is 0. The quantitative estimate of drug-likeness (QED) is 0.585. The minimum atomic E-state index is 1.06. The largest absolute Gasteiger partial charge is 0.402 e. The first-order valence-corrected chi connectivity index (χ1v) is 4.25. The highest BCUT2D eigenvalue weighted by atomic mass is 14.6. The molecule has 0 fully saturated rings. The molecule has 0 amide bonds. The van der Waals surface area contributed by atoms with Gasteiger partial charge in [0.2, 0.25) is 0 Å². The lowest BCUT2D eigenvalue weighted by Crippen LogP contribution is -1.95. The Labute approximate surface area is 64.3 Å². The predicted octanol–water partition coefficient (Wildman–Crippen LogP) is 2.82. The minimum absolute atomic E-state index is 1.06. The van der Waals surface area contributed by atoms with Crippen molar-refractivity contribution in [2.75, 3.05) is 0 Å². The molecular weight excluding hydrogens is 122 g/mol. The summed E-state index contributed by atoms with van der Waals surface area (Å²) in [7, 11) is 0. The van der Waals surface area contributed by atoms with Crippen molar-refractivity contribution in [1.29, 1.82) is 0 Å². The Bertz CT molecular complexity index is 94.9. The van der Waals surface area contributed by atoms with E-state index in [0.717, 1.165) is 25.0 Å². The zero-order valence-electron chi connectivity index (χ0n) is 7.19. The van der Waals surface area contributed by atoms with Crippen LogP contribution in [0.25, 0.3) is 0 Å². The molecule has 0 heterocycles. The summed E-state index contributed by atoms with van der Waals surface area (Å²) in [6, 6.07) is 0. The number of hydrogen-bond acceptors (Lipinski definition) is 1. The van der Waals surface area contributed by atoms with Gasteiger partial charge in [-0.15, -0.1) is 0 Å². The van der Waals surface area contributed by atoms with Gasteiger partial charge in [0, 0.05) is 5.70 Å². The molecule has 0 saturated heterocycles. The number of unbranched alkanes of at least 4 members (excludes halogenated alkanes) is 2. The van der Waals surface area contributed by atoms with Gasteiger partial charge in [0.25, 0.3) is 0 Å². The monoisotopic (exact) mass is 141 g/mol. The van der Waals surface area contributed by atoms with E-state index in [9.17, 15) is 0 Å². The molecule has 0 spiro atoms. The van der Waals surface area contributed by atoms with Crippen LogP contribution in [-0.2, 0) is 0 Å². The maximum Gasteiger partial charge on any atom is 0.00398 e. The predicted molar refractivity (Wildman–Crippen MR) is 46.7 cm³/mol. The second-order valence-electron chi connectivity index (χ2n) is 2.67. The van der Waals surface area contributed by atoms with Crippen LogP contribution in [0.5, 0.6) is 0 Å². The summed E-state index contributed by atoms with van der Waals surface area (Å²) in [6.45, 7) is 4.35. The third kappa shape index (κ3) is 5.67. The van der Waals surface area contributed by atoms with Gasteiger partial charge in [-0.3, -0.25) is 0 Å². The van der Waals surface area contributed by atoms with Crippen LogP contribution in [0.1, 0.15) is 46.0 Å². The molecule has 0 bridgehead atoms. The first-order chi connectivity index (χ1) is 4.81. The second kappa shape index (κ2) is 6.66. The molecule has 0 atom stereocenters. The Hall–Kier alpha value is -0.460. The maximum absolute atomic E-state index is 5.69. The Kier molecular flexibility index (Phi) is 6.35. The zero-order valence-corrected chi connectivity index (χ0v) is 7.19. The molecule has 2 N–H and O–H groups in total. The van der Waals surface area contributed by atoms with E-state index in [4.69, 9.17) is 5.73 Å². The topological polar surface area (TPSA) is 26.0 Å². The van der Waals surface area contributed by atoms with E-state index in [0.29, 0.717) is 0 Å². The summed E-state index contributed by atoms with van der Waals surface area (Å²) in [5.74, 6) is 0. The smallest absolute Gasteiger partial charge is 0.00398 e. The first-order valence-electron chi connectivity index (χ1n) is 4.25. The molecule has 1 nitrogen and oxygen atoms in total. The molecule has 1 heteroatoms. The van der Waals surface area contributed by atoms with Gasteiger partial charge in [0.1, 0.15) is 0 Å². The van der Waals surface area contributed by atoms with E-state index in [2.05, 4.69) is 19.9 Å². The third-order valence-electron chi connectivity index (χ3n) is 1.50. The second-order valence-corrected chi connectivity index (χ2v) is 2.67. The number of hydrogen-bond donors (Lipinski definition) is 1. The van der Waals surface area contributed by atoms with Gasteiger partial charge in [-0.2, -0.15) is 0 Å². The van der Waals surface area contributed by atoms with Crippen molar-refractivity contribution in [3.05, 3.63) is 11.8 Å². The molecular formula is C9H19N. The van der Waals surface area contributed by atoms with Crippen LogP contribution in [0.3, 0.4) is 0 Å². The number of allylic oxidation sites excluding steroid dienone is 2. The lowest BCUT2D eigenvalue weighted by molar-refractivity contribution is 0.798. The van der Waals surface area contributed by atoms with E-state index >= 15 is 0 Å². The highest BCUT2D eigenvalue weighted by molar-refractivity contribution is 4.95. The fourth-order valence-electron chi connectivity index (χ4n) is 0.882. The van der Waals surface area contributed by atoms with Crippen molar-refractivity contribution in [2.45, 2.75) is 46.0 Å². The van der Waals surface area contributed by atoms with Gasteiger partial charge in [0.05, 0.1) is 0 Å². The van der Waals surface area contributed by atoms with Crippen LogP contribution < -0.4 is 5.73 Å². The SMILES string of the molecule is CCCCC=C(N)CCC. The standard InChI is InChI=1S/C9H19N/c1-3-5-6-8-9(10)7-4-2/h8H,3-7,10H2,1-2H3. The summed E-state index contributed by atoms with van der Waals surface area (Å²) in [4.78, 5) is 0. The van der Waals surface area contributed by atoms with E-state index in [-0.39, 0.29) is 0 Å². The Morgan fingerprint density at radius 2 is 2.00 bits per heavy atom. The van der Waals surface area contributed by atoms with Crippen LogP contribution in [0.2, 0.25) is 0 Å². The highest BCUT2D eigenvalue weighted by Gasteiger charge is 1.86. The first kappa shape index (κ1) is 9.54. The lowest BCUT2D eigenvalue weighted by atomic mass is 10.2. The van der Waals surface area contributed by atoms with Gasteiger partial charge in [-0.25, -0.2) is 0 Å². The van der Waals surface area contributed by atoms with Crippen molar-refractivity contribution in [3.8, 4) is 0 Å². The minimum Gasteiger partial charge on any atom is -0.402 e. The number of nitrogens with two attached hydrogens (primary N) is 1. The van der Waals surface area contributed by atoms with E-state index in [1.807, 2.05) is 0 Å². The van der Waals surface area contributed by atoms with Crippen molar-refractivity contribution < 1.29 is 0 Å². The Morgan fingerprint density at radius 3 is 2.50 bits per heavy atom. The van der Waals surface area contributed by atoms with E-state index in [1.54, 1.807) is 0 Å². The fraction of sp³-hybridized carbons (Fsp3) is 0.778. The molecule has 0 aliphatic heterocycles. The van der Waals surface area contributed by atoms with Gasteiger partial charge < -0.3 is 5.73 Å². The molecule has 0 aromatic rings. The molecule has 0 unspecified atom stereocenters. The Balaban J connectivity index is 3.28. The maximum atomic E-state index is 5.69. The van der Waals surface area contributed by atoms with Gasteiger partial charge >= 0.3 is 0 Å². The molecule has 10 heavy (non-hydrogen) atoms. The van der Waals surface area contributed by atoms with Crippen LogP contribution >= 0.6 is 0 Å². The summed E-state index contributed by atoms with van der Waals surface area (Å²) in [6.07, 6.45) is 8.06. The van der Waals surface area contributed by atoms with Crippen molar-refractivity contribution in [3.63, 3.8) is 0 Å². The van der Waals surface area contributed by atoms with Crippen LogP contribution in [0.4, 0.5) is 0 Å². The summed E-state index contributed by atoms with van der Waals surface area (Å²) in [5, 5.41) is 0. The Morgan fingerprint density at radius 1 is 1.30 bits per heavy atom. The van der Waals surface area contributed by atoms with Crippen molar-refractivity contribution >= 4 is 0 Å².